The number of anilines is 1. The molecule has 5 heteroatoms. The van der Waals surface area contributed by atoms with Crippen LogP contribution in [0, 0.1) is 5.92 Å². The largest absolute Gasteiger partial charge is 0.384 e. The molecule has 4 rings (SSSR count). The lowest BCUT2D eigenvalue weighted by molar-refractivity contribution is 0.0827. The molecule has 1 aromatic heterocycles. The zero-order valence-corrected chi connectivity index (χ0v) is 18.5. The van der Waals surface area contributed by atoms with Gasteiger partial charge in [-0.15, -0.1) is 0 Å². The number of amides is 1. The Labute approximate surface area is 184 Å². The van der Waals surface area contributed by atoms with Crippen LogP contribution in [-0.4, -0.2) is 49.5 Å². The second-order valence-corrected chi connectivity index (χ2v) is 8.63. The summed E-state index contributed by atoms with van der Waals surface area (Å²) in [6.45, 7) is 3.29. The third-order valence-electron chi connectivity index (χ3n) is 6.05. The monoisotopic (exact) mass is 416 g/mol. The van der Waals surface area contributed by atoms with E-state index in [1.54, 1.807) is 19.0 Å². The number of piperidine rings is 1. The first kappa shape index (κ1) is 21.3. The maximum Gasteiger partial charge on any atom is 0.253 e. The molecule has 3 aromatic rings. The molecular weight excluding hydrogens is 384 g/mol. The fraction of sp³-hybridized carbons (Fsp3) is 0.385. The van der Waals surface area contributed by atoms with Crippen molar-refractivity contribution < 1.29 is 4.79 Å². The van der Waals surface area contributed by atoms with Crippen LogP contribution in [0.1, 0.15) is 36.0 Å². The van der Waals surface area contributed by atoms with Crippen molar-refractivity contribution in [3.63, 3.8) is 0 Å². The van der Waals surface area contributed by atoms with Crippen LogP contribution >= 0.6 is 0 Å². The number of nitrogens with one attached hydrogen (secondary N) is 2. The van der Waals surface area contributed by atoms with Crippen LogP contribution in [0.3, 0.4) is 0 Å². The van der Waals surface area contributed by atoms with E-state index in [-0.39, 0.29) is 5.91 Å². The molecule has 1 saturated heterocycles. The Morgan fingerprint density at radius 2 is 1.97 bits per heavy atom. The molecule has 0 spiro atoms. The zero-order chi connectivity index (χ0) is 21.6. The van der Waals surface area contributed by atoms with Crippen molar-refractivity contribution >= 4 is 22.5 Å². The lowest BCUT2D eigenvalue weighted by Gasteiger charge is -2.22. The van der Waals surface area contributed by atoms with Gasteiger partial charge in [0.1, 0.15) is 0 Å². The highest BCUT2D eigenvalue weighted by atomic mass is 16.2. The van der Waals surface area contributed by atoms with Gasteiger partial charge in [-0.2, -0.15) is 0 Å². The maximum absolute atomic E-state index is 12.2. The predicted octanol–water partition coefficient (Wildman–Crippen LogP) is 4.80. The first-order valence-electron chi connectivity index (χ1n) is 11.3. The Morgan fingerprint density at radius 1 is 1.16 bits per heavy atom. The molecule has 1 unspecified atom stereocenters. The van der Waals surface area contributed by atoms with Gasteiger partial charge in [-0.3, -0.25) is 4.79 Å². The summed E-state index contributed by atoms with van der Waals surface area (Å²) in [6, 6.07) is 18.1. The van der Waals surface area contributed by atoms with Gasteiger partial charge in [0.2, 0.25) is 0 Å². The minimum absolute atomic E-state index is 0.00791. The normalized spacial score (nSPS) is 16.3. The van der Waals surface area contributed by atoms with Gasteiger partial charge in [-0.05, 0) is 69.0 Å². The molecule has 1 fully saturated rings. The summed E-state index contributed by atoms with van der Waals surface area (Å²) >= 11 is 0. The fourth-order valence-electron chi connectivity index (χ4n) is 4.30. The first-order valence-corrected chi connectivity index (χ1v) is 11.3. The molecule has 0 aliphatic carbocycles. The summed E-state index contributed by atoms with van der Waals surface area (Å²) in [5.41, 5.74) is 4.72. The highest BCUT2D eigenvalue weighted by Gasteiger charge is 2.13. The molecule has 2 N–H and O–H groups in total. The Kier molecular flexibility index (Phi) is 6.82. The van der Waals surface area contributed by atoms with Crippen molar-refractivity contribution in [3.8, 4) is 11.3 Å². The molecule has 0 saturated carbocycles. The average Bonchev–Trinajstić information content (AvgIpc) is 2.82. The lowest BCUT2D eigenvalue weighted by Crippen LogP contribution is -2.29. The highest BCUT2D eigenvalue weighted by Crippen LogP contribution is 2.29. The molecule has 1 atom stereocenters. The predicted molar refractivity (Wildman–Crippen MR) is 129 cm³/mol. The Morgan fingerprint density at radius 3 is 2.71 bits per heavy atom. The summed E-state index contributed by atoms with van der Waals surface area (Å²) in [5, 5.41) is 8.31. The highest BCUT2D eigenvalue weighted by molar-refractivity contribution is 5.95. The number of aromatic nitrogens is 1. The minimum atomic E-state index is 0.00791. The van der Waals surface area contributed by atoms with Gasteiger partial charge in [0.15, 0.2) is 0 Å². The van der Waals surface area contributed by atoms with Crippen LogP contribution in [0.25, 0.3) is 22.2 Å². The van der Waals surface area contributed by atoms with Crippen LogP contribution < -0.4 is 10.6 Å². The lowest BCUT2D eigenvalue weighted by atomic mass is 9.95. The van der Waals surface area contributed by atoms with Crippen molar-refractivity contribution in [3.05, 3.63) is 60.2 Å². The summed E-state index contributed by atoms with van der Waals surface area (Å²) in [7, 11) is 3.54. The van der Waals surface area contributed by atoms with Gasteiger partial charge < -0.3 is 15.5 Å². The van der Waals surface area contributed by atoms with E-state index in [0.717, 1.165) is 46.9 Å². The van der Waals surface area contributed by atoms with E-state index in [9.17, 15) is 4.79 Å². The summed E-state index contributed by atoms with van der Waals surface area (Å²) < 4.78 is 0. The van der Waals surface area contributed by atoms with E-state index in [4.69, 9.17) is 4.98 Å². The minimum Gasteiger partial charge on any atom is -0.384 e. The number of carbonyl (C=O) groups excluding carboxylic acids is 1. The summed E-state index contributed by atoms with van der Waals surface area (Å²) in [4.78, 5) is 18.6. The number of carbonyl (C=O) groups is 1. The molecular formula is C26H32N4O. The second kappa shape index (κ2) is 9.92. The van der Waals surface area contributed by atoms with Crippen molar-refractivity contribution in [1.29, 1.82) is 0 Å². The van der Waals surface area contributed by atoms with Crippen LogP contribution in [0.4, 0.5) is 5.69 Å². The standard InChI is InChI=1S/C26H32N4O/c1-30(2)26(31)21-13-11-20(12-14-21)24-17-25(22-9-3-4-10-23(22)29-24)28-16-6-8-19-7-5-15-27-18-19/h3-4,9-14,17,19,27H,5-8,15-16,18H2,1-2H3,(H,28,29). The summed E-state index contributed by atoms with van der Waals surface area (Å²) in [6.07, 6.45) is 5.08. The number of benzene rings is 2. The van der Waals surface area contributed by atoms with Crippen molar-refractivity contribution in [2.45, 2.75) is 25.7 Å². The number of pyridine rings is 1. The van der Waals surface area contributed by atoms with Crippen molar-refractivity contribution in [1.82, 2.24) is 15.2 Å². The van der Waals surface area contributed by atoms with E-state index in [2.05, 4.69) is 34.9 Å². The molecule has 0 bridgehead atoms. The van der Waals surface area contributed by atoms with Crippen LogP contribution in [-0.2, 0) is 0 Å². The van der Waals surface area contributed by atoms with Gasteiger partial charge in [0.05, 0.1) is 11.2 Å². The van der Waals surface area contributed by atoms with E-state index in [0.29, 0.717) is 5.56 Å². The van der Waals surface area contributed by atoms with Gasteiger partial charge in [-0.25, -0.2) is 4.98 Å². The molecule has 0 radical (unpaired) electrons. The SMILES string of the molecule is CN(C)C(=O)c1ccc(-c2cc(NCCCC3CCCNC3)c3ccccc3n2)cc1. The van der Waals surface area contributed by atoms with Gasteiger partial charge in [0.25, 0.3) is 5.91 Å². The number of hydrogen-bond acceptors (Lipinski definition) is 4. The Hall–Kier alpha value is -2.92. The quantitative estimate of drug-likeness (QED) is 0.544. The molecule has 1 aliphatic heterocycles. The van der Waals surface area contributed by atoms with E-state index in [1.165, 1.54) is 32.2 Å². The smallest absolute Gasteiger partial charge is 0.253 e. The first-order chi connectivity index (χ1) is 15.1. The van der Waals surface area contributed by atoms with Gasteiger partial charge >= 0.3 is 0 Å². The number of para-hydroxylation sites is 1. The van der Waals surface area contributed by atoms with Gasteiger partial charge in [0, 0.05) is 42.8 Å². The van der Waals surface area contributed by atoms with Crippen LogP contribution in [0.15, 0.2) is 54.6 Å². The second-order valence-electron chi connectivity index (χ2n) is 8.63. The van der Waals surface area contributed by atoms with Crippen molar-refractivity contribution in [2.24, 2.45) is 5.92 Å². The third-order valence-corrected chi connectivity index (χ3v) is 6.05. The maximum atomic E-state index is 12.2. The number of hydrogen-bond donors (Lipinski definition) is 2. The third kappa shape index (κ3) is 5.23. The molecule has 1 amide bonds. The van der Waals surface area contributed by atoms with Crippen molar-refractivity contribution in [2.75, 3.05) is 39.0 Å². The molecule has 1 aliphatic rings. The number of fused-ring (bicyclic) bond motifs is 1. The molecule has 2 aromatic carbocycles. The average molecular weight is 417 g/mol. The number of nitrogens with zero attached hydrogens (tertiary/aromatic N) is 2. The molecule has 5 nitrogen and oxygen atoms in total. The van der Waals surface area contributed by atoms with E-state index < -0.39 is 0 Å². The van der Waals surface area contributed by atoms with Gasteiger partial charge in [-0.1, -0.05) is 30.3 Å². The topological polar surface area (TPSA) is 57.3 Å². The summed E-state index contributed by atoms with van der Waals surface area (Å²) in [5.74, 6) is 0.817. The van der Waals surface area contributed by atoms with E-state index >= 15 is 0 Å². The molecule has 2 heterocycles. The fourth-order valence-corrected chi connectivity index (χ4v) is 4.30. The van der Waals surface area contributed by atoms with Crippen LogP contribution in [0.2, 0.25) is 0 Å². The van der Waals surface area contributed by atoms with Crippen LogP contribution in [0.5, 0.6) is 0 Å². The molecule has 162 valence electrons. The number of rotatable bonds is 7. The Bertz CT molecular complexity index is 1020. The van der Waals surface area contributed by atoms with E-state index in [1.807, 2.05) is 30.3 Å². The Balaban J connectivity index is 1.51. The zero-order valence-electron chi connectivity index (χ0n) is 18.5. The molecule has 31 heavy (non-hydrogen) atoms.